The smallest absolute Gasteiger partial charge is 0.387 e. The van der Waals surface area contributed by atoms with E-state index in [4.69, 9.17) is 9.05 Å². The van der Waals surface area contributed by atoms with E-state index < -0.39 is 20.0 Å². The largest absolute Gasteiger partial charge is 0.472 e. The molecule has 0 saturated carbocycles. The minimum atomic E-state index is -4.35. The van der Waals surface area contributed by atoms with Crippen molar-refractivity contribution in [2.45, 2.75) is 225 Å². The topological polar surface area (TPSA) is 105 Å². The molecule has 0 spiro atoms. The van der Waals surface area contributed by atoms with Crippen LogP contribution < -0.4 is 5.32 Å². The Morgan fingerprint density at radius 3 is 1.30 bits per heavy atom. The summed E-state index contributed by atoms with van der Waals surface area (Å²) in [6.45, 7) is 4.62. The lowest BCUT2D eigenvalue weighted by molar-refractivity contribution is -0.870. The Labute approximate surface area is 437 Å². The summed E-state index contributed by atoms with van der Waals surface area (Å²) in [4.78, 5) is 23.2. The number of rotatable bonds is 50. The molecule has 3 atom stereocenters. The zero-order chi connectivity index (χ0) is 52.0. The second-order valence-corrected chi connectivity index (χ2v) is 21.4. The normalized spacial score (nSPS) is 14.9. The molecule has 1 amide bonds. The first-order valence-electron chi connectivity index (χ1n) is 28.4. The van der Waals surface area contributed by atoms with E-state index in [9.17, 15) is 19.4 Å². The summed E-state index contributed by atoms with van der Waals surface area (Å²) in [5, 5.41) is 13.8. The first-order valence-corrected chi connectivity index (χ1v) is 29.9. The highest BCUT2D eigenvalue weighted by molar-refractivity contribution is 7.47. The van der Waals surface area contributed by atoms with Gasteiger partial charge in [0, 0.05) is 6.42 Å². The summed E-state index contributed by atoms with van der Waals surface area (Å²) >= 11 is 0. The number of amides is 1. The highest BCUT2D eigenvalue weighted by Gasteiger charge is 2.27. The molecule has 71 heavy (non-hydrogen) atoms. The minimum absolute atomic E-state index is 0.0513. The van der Waals surface area contributed by atoms with Crippen LogP contribution in [0.25, 0.3) is 0 Å². The summed E-state index contributed by atoms with van der Waals surface area (Å²) in [5.74, 6) is -0.194. The van der Waals surface area contributed by atoms with Gasteiger partial charge in [0.25, 0.3) is 0 Å². The summed E-state index contributed by atoms with van der Waals surface area (Å²) in [7, 11) is 1.54. The van der Waals surface area contributed by atoms with Gasteiger partial charge in [-0.15, -0.1) is 0 Å². The van der Waals surface area contributed by atoms with Crippen LogP contribution in [0.2, 0.25) is 0 Å². The molecule has 0 rings (SSSR count). The van der Waals surface area contributed by atoms with Gasteiger partial charge in [0.2, 0.25) is 5.91 Å². The molecule has 0 aliphatic rings. The third-order valence-corrected chi connectivity index (χ3v) is 12.9. The Morgan fingerprint density at radius 1 is 0.493 bits per heavy atom. The number of allylic oxidation sites excluding steroid dienone is 19. The number of aliphatic hydroxyl groups is 1. The predicted molar refractivity (Wildman–Crippen MR) is 308 cm³/mol. The van der Waals surface area contributed by atoms with E-state index in [-0.39, 0.29) is 19.1 Å². The van der Waals surface area contributed by atoms with Crippen LogP contribution in [-0.2, 0) is 18.4 Å². The van der Waals surface area contributed by atoms with Crippen LogP contribution in [-0.4, -0.2) is 73.4 Å². The number of quaternary nitrogens is 1. The van der Waals surface area contributed by atoms with Crippen LogP contribution >= 0.6 is 7.82 Å². The van der Waals surface area contributed by atoms with Crippen molar-refractivity contribution in [2.75, 3.05) is 40.9 Å². The molecule has 0 radical (unpaired) electrons. The quantitative estimate of drug-likeness (QED) is 0.0243. The molecule has 0 aliphatic heterocycles. The maximum Gasteiger partial charge on any atom is 0.472 e. The van der Waals surface area contributed by atoms with Gasteiger partial charge < -0.3 is 19.8 Å². The second-order valence-electron chi connectivity index (χ2n) is 19.9. The molecule has 406 valence electrons. The highest BCUT2D eigenvalue weighted by Crippen LogP contribution is 2.43. The first kappa shape index (κ1) is 67.9. The van der Waals surface area contributed by atoms with Crippen molar-refractivity contribution >= 4 is 13.7 Å². The number of phosphoric acid groups is 1. The summed E-state index contributed by atoms with van der Waals surface area (Å²) in [6.07, 6.45) is 77.5. The molecule has 0 aliphatic carbocycles. The van der Waals surface area contributed by atoms with Crippen molar-refractivity contribution in [2.24, 2.45) is 0 Å². The molecule has 0 aromatic rings. The number of nitrogens with one attached hydrogen (secondary N) is 1. The molecule has 0 bridgehead atoms. The Bertz CT molecular complexity index is 1560. The van der Waals surface area contributed by atoms with Crippen LogP contribution in [0.4, 0.5) is 0 Å². The van der Waals surface area contributed by atoms with Gasteiger partial charge in [-0.05, 0) is 96.3 Å². The molecule has 0 fully saturated rings. The molecule has 8 nitrogen and oxygen atoms in total. The van der Waals surface area contributed by atoms with Gasteiger partial charge in [-0.2, -0.15) is 0 Å². The molecule has 0 aromatic carbocycles. The fourth-order valence-electron chi connectivity index (χ4n) is 7.48. The van der Waals surface area contributed by atoms with Crippen molar-refractivity contribution in [1.82, 2.24) is 5.32 Å². The van der Waals surface area contributed by atoms with Crippen LogP contribution in [0.3, 0.4) is 0 Å². The molecule has 3 unspecified atom stereocenters. The van der Waals surface area contributed by atoms with Gasteiger partial charge in [-0.3, -0.25) is 13.8 Å². The first-order chi connectivity index (χ1) is 34.5. The zero-order valence-electron chi connectivity index (χ0n) is 46.2. The Morgan fingerprint density at radius 2 is 0.859 bits per heavy atom. The van der Waals surface area contributed by atoms with E-state index in [0.717, 1.165) is 89.9 Å². The van der Waals surface area contributed by atoms with Crippen molar-refractivity contribution in [3.63, 3.8) is 0 Å². The van der Waals surface area contributed by atoms with Gasteiger partial charge in [0.05, 0.1) is 39.9 Å². The molecular weight excluding hydrogens is 900 g/mol. The lowest BCUT2D eigenvalue weighted by atomic mass is 10.0. The molecule has 0 aromatic heterocycles. The van der Waals surface area contributed by atoms with Gasteiger partial charge in [0.1, 0.15) is 13.2 Å². The Kier molecular flexibility index (Phi) is 49.5. The molecular formula is C62H108N2O6P+. The standard InChI is InChI=1S/C62H107N2O6P/c1-6-8-10-12-14-16-18-19-20-21-22-23-24-25-26-27-28-29-30-31-32-33-34-35-36-37-38-39-40-41-42-43-44-45-46-48-50-52-54-56-62(66)63-60(59-70-71(67,68)69-58-57-64(3,4)5)61(65)55-53-51-49-47-17-15-13-11-9-7-2/h8,10,14,16-17,19-20,22-23,25-26,28-29,31-32,34-35,47,53,55,60-61,65H,6-7,9,11-13,15,18,21,24,27,30,33,36-46,48-52,54,56-59H2,1-5H3,(H-,63,66,67,68)/p+1/b10-8-,16-14-,20-19-,23-22-,26-25-,29-28-,32-31-,35-34-,47-17+,55-53+. The van der Waals surface area contributed by atoms with Crippen LogP contribution in [0, 0.1) is 0 Å². The van der Waals surface area contributed by atoms with Crippen LogP contribution in [0.1, 0.15) is 213 Å². The number of likely N-dealkylation sites (N-methyl/N-ethyl adjacent to an activating group) is 1. The summed E-state index contributed by atoms with van der Waals surface area (Å²) < 4.78 is 23.6. The lowest BCUT2D eigenvalue weighted by Gasteiger charge is -2.25. The number of phosphoric ester groups is 1. The predicted octanol–water partition coefficient (Wildman–Crippen LogP) is 17.4. The minimum Gasteiger partial charge on any atom is -0.387 e. The number of hydrogen-bond acceptors (Lipinski definition) is 5. The number of carbonyl (C=O) groups is 1. The maximum atomic E-state index is 12.9. The maximum absolute atomic E-state index is 12.9. The van der Waals surface area contributed by atoms with Crippen molar-refractivity contribution in [3.05, 3.63) is 122 Å². The molecule has 3 N–H and O–H groups in total. The highest BCUT2D eigenvalue weighted by atomic mass is 31.2. The van der Waals surface area contributed by atoms with Gasteiger partial charge >= 0.3 is 7.82 Å². The molecule has 0 heterocycles. The fourth-order valence-corrected chi connectivity index (χ4v) is 8.22. The van der Waals surface area contributed by atoms with E-state index in [2.05, 4.69) is 129 Å². The second kappa shape index (κ2) is 51.8. The summed E-state index contributed by atoms with van der Waals surface area (Å²) in [5.41, 5.74) is 0. The number of hydrogen-bond donors (Lipinski definition) is 3. The van der Waals surface area contributed by atoms with Gasteiger partial charge in [-0.1, -0.05) is 232 Å². The third kappa shape index (κ3) is 54.5. The van der Waals surface area contributed by atoms with E-state index in [1.54, 1.807) is 6.08 Å². The number of aliphatic hydroxyl groups excluding tert-OH is 1. The lowest BCUT2D eigenvalue weighted by Crippen LogP contribution is -2.45. The number of nitrogens with zero attached hydrogens (tertiary/aromatic N) is 1. The van der Waals surface area contributed by atoms with Gasteiger partial charge in [0.15, 0.2) is 0 Å². The molecule has 9 heteroatoms. The van der Waals surface area contributed by atoms with Crippen molar-refractivity contribution in [3.8, 4) is 0 Å². The van der Waals surface area contributed by atoms with E-state index in [0.29, 0.717) is 17.4 Å². The van der Waals surface area contributed by atoms with Crippen molar-refractivity contribution in [1.29, 1.82) is 0 Å². The Balaban J connectivity index is 4.00. The number of carbonyl (C=O) groups excluding carboxylic acids is 1. The summed E-state index contributed by atoms with van der Waals surface area (Å²) in [6, 6.07) is -0.868. The van der Waals surface area contributed by atoms with Crippen LogP contribution in [0.15, 0.2) is 122 Å². The number of unbranched alkanes of at least 4 members (excludes halogenated alkanes) is 19. The van der Waals surface area contributed by atoms with E-state index in [1.165, 1.54) is 103 Å². The van der Waals surface area contributed by atoms with E-state index in [1.807, 2.05) is 27.2 Å². The SMILES string of the molecule is CC/C=C\C/C=C\C/C=C\C/C=C\C/C=C\C/C=C\C/C=C\C/C=C\CCCCCCCCCCCCCCCCC(=O)NC(COP(=O)(O)OCC[N+](C)(C)C)C(O)/C=C/CC/C=C/CCCCCC. The average molecular weight is 1010 g/mol. The van der Waals surface area contributed by atoms with Gasteiger partial charge in [-0.25, -0.2) is 4.57 Å². The zero-order valence-corrected chi connectivity index (χ0v) is 47.1. The Hall–Kier alpha value is -3.10. The van der Waals surface area contributed by atoms with E-state index >= 15 is 0 Å². The van der Waals surface area contributed by atoms with Crippen LogP contribution in [0.5, 0.6) is 0 Å². The van der Waals surface area contributed by atoms with Crippen molar-refractivity contribution < 1.29 is 32.9 Å². The monoisotopic (exact) mass is 1010 g/mol. The average Bonchev–Trinajstić information content (AvgIpc) is 3.33. The fraction of sp³-hybridized carbons (Fsp3) is 0.661. The molecule has 0 saturated heterocycles. The third-order valence-electron chi connectivity index (χ3n) is 11.9.